The average molecular weight is 217 g/mol. The summed E-state index contributed by atoms with van der Waals surface area (Å²) < 4.78 is 48.5. The second kappa shape index (κ2) is 3.04. The van der Waals surface area contributed by atoms with Gasteiger partial charge < -0.3 is 0 Å². The molecular weight excluding hydrogens is 204 g/mol. The van der Waals surface area contributed by atoms with Crippen LogP contribution in [0.15, 0.2) is 0 Å². The van der Waals surface area contributed by atoms with Crippen LogP contribution in [0.1, 0.15) is 6.92 Å². The quantitative estimate of drug-likeness (QED) is 0.725. The predicted octanol–water partition coefficient (Wildman–Crippen LogP) is 1.35. The first-order chi connectivity index (χ1) is 4.96. The van der Waals surface area contributed by atoms with Crippen molar-refractivity contribution in [3.63, 3.8) is 0 Å². The summed E-state index contributed by atoms with van der Waals surface area (Å²) in [6, 6.07) is 0. The highest BCUT2D eigenvalue weighted by Crippen LogP contribution is 2.20. The molecule has 0 aliphatic rings. The highest BCUT2D eigenvalue weighted by atomic mass is 32.2. The van der Waals surface area contributed by atoms with Crippen LogP contribution in [-0.2, 0) is 10.0 Å². The maximum absolute atomic E-state index is 12.4. The van der Waals surface area contributed by atoms with E-state index in [2.05, 4.69) is 0 Å². The fraction of sp³-hybridized carbons (Fsp3) is 1.00. The minimum atomic E-state index is -4.48. The van der Waals surface area contributed by atoms with Crippen LogP contribution in [0.2, 0.25) is 19.6 Å². The van der Waals surface area contributed by atoms with Gasteiger partial charge in [-0.05, 0) is 0 Å². The summed E-state index contributed by atoms with van der Waals surface area (Å²) >= 11 is 0. The van der Waals surface area contributed by atoms with E-state index in [1.165, 1.54) is 0 Å². The van der Waals surface area contributed by atoms with Crippen molar-refractivity contribution >= 4 is 18.3 Å². The highest BCUT2D eigenvalue weighted by Gasteiger charge is 2.41. The zero-order valence-corrected chi connectivity index (χ0v) is 9.30. The van der Waals surface area contributed by atoms with E-state index in [0.717, 1.165) is 0 Å². The predicted molar refractivity (Wildman–Crippen MR) is 46.0 cm³/mol. The maximum atomic E-state index is 12.4. The summed E-state index contributed by atoms with van der Waals surface area (Å²) in [5.74, 6) is 0. The summed E-state index contributed by atoms with van der Waals surface area (Å²) in [6.45, 7) is 5.28. The average Bonchev–Trinajstić information content (AvgIpc) is 1.52. The van der Waals surface area contributed by atoms with Gasteiger partial charge in [0.25, 0.3) is 10.0 Å². The van der Waals surface area contributed by atoms with Gasteiger partial charge in [0.05, 0.1) is 0 Å². The molecule has 0 unspecified atom stereocenters. The number of sulfonamides is 1. The van der Waals surface area contributed by atoms with Gasteiger partial charge in [0.15, 0.2) is 0 Å². The molecule has 0 saturated carbocycles. The van der Waals surface area contributed by atoms with Crippen molar-refractivity contribution in [3.8, 4) is 0 Å². The van der Waals surface area contributed by atoms with E-state index < -0.39 is 23.5 Å². The van der Waals surface area contributed by atoms with Crippen molar-refractivity contribution in [1.29, 1.82) is 0 Å². The number of halogens is 2. The van der Waals surface area contributed by atoms with Crippen LogP contribution in [0.4, 0.5) is 8.78 Å². The molecule has 7 heteroatoms. The van der Waals surface area contributed by atoms with Crippen LogP contribution in [0.5, 0.6) is 0 Å². The van der Waals surface area contributed by atoms with E-state index in [-0.39, 0.29) is 0 Å². The minimum absolute atomic E-state index is 0.371. The topological polar surface area (TPSA) is 46.2 Å². The molecule has 0 aromatic heterocycles. The lowest BCUT2D eigenvalue weighted by molar-refractivity contribution is 0.113. The number of hydrogen-bond acceptors (Lipinski definition) is 2. The minimum Gasteiger partial charge on any atom is -0.233 e. The van der Waals surface area contributed by atoms with Crippen LogP contribution in [-0.4, -0.2) is 21.9 Å². The number of hydrogen-bond donors (Lipinski definition) is 1. The standard InChI is InChI=1S/C5H13F2NO2SSi/c1-5(6,7)11(9,10)8-12(2,3)4/h8H,1-4H3. The molecule has 74 valence electrons. The van der Waals surface area contributed by atoms with Gasteiger partial charge in [-0.25, -0.2) is 12.8 Å². The molecule has 1 N–H and O–H groups in total. The molecule has 0 rings (SSSR count). The summed E-state index contributed by atoms with van der Waals surface area (Å²) in [5, 5.41) is -3.70. The Balaban J connectivity index is 4.70. The van der Waals surface area contributed by atoms with Gasteiger partial charge in [-0.15, -0.1) is 0 Å². The van der Waals surface area contributed by atoms with Gasteiger partial charge >= 0.3 is 5.25 Å². The molecule has 0 aliphatic carbocycles. The molecule has 0 atom stereocenters. The van der Waals surface area contributed by atoms with Crippen LogP contribution >= 0.6 is 0 Å². The Morgan fingerprint density at radius 2 is 1.58 bits per heavy atom. The molecule has 0 fully saturated rings. The molecule has 0 aliphatic heterocycles. The van der Waals surface area contributed by atoms with E-state index in [9.17, 15) is 17.2 Å². The number of rotatable bonds is 3. The first-order valence-electron chi connectivity index (χ1n) is 3.37. The molecule has 0 bridgehead atoms. The van der Waals surface area contributed by atoms with E-state index in [4.69, 9.17) is 0 Å². The van der Waals surface area contributed by atoms with Crippen LogP contribution in [0, 0.1) is 0 Å². The molecule has 0 saturated heterocycles. The lowest BCUT2D eigenvalue weighted by Crippen LogP contribution is -2.50. The Morgan fingerprint density at radius 3 is 1.67 bits per heavy atom. The van der Waals surface area contributed by atoms with Crippen LogP contribution in [0.3, 0.4) is 0 Å². The van der Waals surface area contributed by atoms with Gasteiger partial charge in [0.1, 0.15) is 8.24 Å². The van der Waals surface area contributed by atoms with Crippen molar-refractivity contribution in [1.82, 2.24) is 4.39 Å². The van der Waals surface area contributed by atoms with Crippen molar-refractivity contribution in [3.05, 3.63) is 0 Å². The third-order valence-electron chi connectivity index (χ3n) is 0.912. The molecule has 0 radical (unpaired) electrons. The summed E-state index contributed by atoms with van der Waals surface area (Å²) in [5.41, 5.74) is 0. The Bertz CT molecular complexity index is 252. The fourth-order valence-corrected chi connectivity index (χ4v) is 4.43. The molecule has 0 spiro atoms. The van der Waals surface area contributed by atoms with E-state index in [1.54, 1.807) is 19.6 Å². The Morgan fingerprint density at radius 1 is 1.25 bits per heavy atom. The third kappa shape index (κ3) is 3.59. The second-order valence-electron chi connectivity index (χ2n) is 3.66. The third-order valence-corrected chi connectivity index (χ3v) is 5.38. The lowest BCUT2D eigenvalue weighted by Gasteiger charge is -2.21. The van der Waals surface area contributed by atoms with Crippen molar-refractivity contribution in [2.75, 3.05) is 0 Å². The first-order valence-corrected chi connectivity index (χ1v) is 8.35. The van der Waals surface area contributed by atoms with Crippen molar-refractivity contribution in [2.45, 2.75) is 31.8 Å². The molecule has 0 amide bonds. The smallest absolute Gasteiger partial charge is 0.233 e. The summed E-state index contributed by atoms with van der Waals surface area (Å²) in [4.78, 5) is 0. The lowest BCUT2D eigenvalue weighted by atomic mass is 10.9. The molecule has 0 heterocycles. The zero-order valence-electron chi connectivity index (χ0n) is 7.48. The van der Waals surface area contributed by atoms with Gasteiger partial charge in [-0.2, -0.15) is 8.78 Å². The fourth-order valence-electron chi connectivity index (χ4n) is 0.493. The van der Waals surface area contributed by atoms with E-state index in [0.29, 0.717) is 6.92 Å². The molecule has 0 aromatic carbocycles. The molecule has 3 nitrogen and oxygen atoms in total. The van der Waals surface area contributed by atoms with Crippen molar-refractivity contribution < 1.29 is 17.2 Å². The van der Waals surface area contributed by atoms with Gasteiger partial charge in [-0.3, -0.25) is 0 Å². The number of alkyl halides is 2. The maximum Gasteiger partial charge on any atom is 0.355 e. The Kier molecular flexibility index (Phi) is 3.04. The van der Waals surface area contributed by atoms with Gasteiger partial charge in [0, 0.05) is 6.92 Å². The molecule has 12 heavy (non-hydrogen) atoms. The molecular formula is C5H13F2NO2SSi. The van der Waals surface area contributed by atoms with Crippen LogP contribution < -0.4 is 4.39 Å². The summed E-state index contributed by atoms with van der Waals surface area (Å²) in [6.07, 6.45) is 0. The molecule has 0 aromatic rings. The largest absolute Gasteiger partial charge is 0.355 e. The normalized spacial score (nSPS) is 14.8. The Labute approximate surface area is 72.3 Å². The monoisotopic (exact) mass is 217 g/mol. The van der Waals surface area contributed by atoms with E-state index >= 15 is 0 Å². The van der Waals surface area contributed by atoms with Gasteiger partial charge in [-0.1, -0.05) is 19.6 Å². The highest BCUT2D eigenvalue weighted by molar-refractivity contribution is 7.91. The second-order valence-corrected chi connectivity index (χ2v) is 10.7. The summed E-state index contributed by atoms with van der Waals surface area (Å²) in [7, 11) is -6.70. The SMILES string of the molecule is CC(F)(F)S(=O)(=O)N[Si](C)(C)C. The Hall–Kier alpha value is -0.0131. The first kappa shape index (κ1) is 12.0. The number of nitrogens with one attached hydrogen (secondary N) is 1. The van der Waals surface area contributed by atoms with Crippen LogP contribution in [0.25, 0.3) is 0 Å². The van der Waals surface area contributed by atoms with E-state index in [1.807, 2.05) is 4.39 Å². The zero-order chi connectivity index (χ0) is 10.2. The van der Waals surface area contributed by atoms with Gasteiger partial charge in [0.2, 0.25) is 0 Å². The van der Waals surface area contributed by atoms with Crippen molar-refractivity contribution in [2.24, 2.45) is 0 Å².